The molecule has 0 unspecified atom stereocenters. The fourth-order valence-corrected chi connectivity index (χ4v) is 1.36. The summed E-state index contributed by atoms with van der Waals surface area (Å²) in [6.07, 6.45) is -4.93. The summed E-state index contributed by atoms with van der Waals surface area (Å²) in [5.74, 6) is -1.61. The van der Waals surface area contributed by atoms with Gasteiger partial charge in [0.05, 0.1) is 17.7 Å². The Bertz CT molecular complexity index is 446. The lowest BCUT2D eigenvalue weighted by atomic mass is 10.2. The Labute approximate surface area is 104 Å². The van der Waals surface area contributed by atoms with Crippen LogP contribution in [0.5, 0.6) is 5.75 Å². The zero-order valence-corrected chi connectivity index (χ0v) is 9.78. The van der Waals surface area contributed by atoms with Crippen LogP contribution < -0.4 is 4.74 Å². The largest absolute Gasteiger partial charge is 0.573 e. The summed E-state index contributed by atoms with van der Waals surface area (Å²) < 4.78 is 44.0. The van der Waals surface area contributed by atoms with Crippen molar-refractivity contribution in [2.75, 3.05) is 7.11 Å². The van der Waals surface area contributed by atoms with Crippen LogP contribution in [0, 0.1) is 0 Å². The molecule has 17 heavy (non-hydrogen) atoms. The molecule has 0 spiro atoms. The van der Waals surface area contributed by atoms with Gasteiger partial charge in [0.25, 0.3) is 0 Å². The van der Waals surface area contributed by atoms with E-state index >= 15 is 0 Å². The van der Waals surface area contributed by atoms with Crippen LogP contribution in [0.25, 0.3) is 0 Å². The molecule has 0 saturated carbocycles. The highest BCUT2D eigenvalue weighted by atomic mass is 35.5. The van der Waals surface area contributed by atoms with Gasteiger partial charge in [-0.2, -0.15) is 0 Å². The first-order chi connectivity index (χ1) is 7.74. The van der Waals surface area contributed by atoms with Gasteiger partial charge in [-0.05, 0) is 12.1 Å². The van der Waals surface area contributed by atoms with E-state index in [9.17, 15) is 18.0 Å². The smallest absolute Gasteiger partial charge is 0.465 e. The third-order valence-electron chi connectivity index (χ3n) is 1.64. The van der Waals surface area contributed by atoms with Gasteiger partial charge in [-0.1, -0.05) is 23.2 Å². The Balaban J connectivity index is 3.20. The number of esters is 1. The highest BCUT2D eigenvalue weighted by molar-refractivity contribution is 6.43. The maximum Gasteiger partial charge on any atom is 0.573 e. The second kappa shape index (κ2) is 5.01. The Morgan fingerprint density at radius 3 is 2.35 bits per heavy atom. The fraction of sp³-hybridized carbons (Fsp3) is 0.222. The van der Waals surface area contributed by atoms with Gasteiger partial charge in [-0.15, -0.1) is 13.2 Å². The maximum absolute atomic E-state index is 12.0. The van der Waals surface area contributed by atoms with E-state index in [0.717, 1.165) is 19.2 Å². The van der Waals surface area contributed by atoms with E-state index in [1.807, 2.05) is 0 Å². The lowest BCUT2D eigenvalue weighted by Crippen LogP contribution is -2.18. The van der Waals surface area contributed by atoms with Crippen LogP contribution in [0.2, 0.25) is 10.0 Å². The molecular weight excluding hydrogens is 284 g/mol. The van der Waals surface area contributed by atoms with E-state index in [1.54, 1.807) is 0 Å². The molecule has 0 aliphatic heterocycles. The van der Waals surface area contributed by atoms with Gasteiger partial charge in [0, 0.05) is 0 Å². The normalized spacial score (nSPS) is 11.2. The van der Waals surface area contributed by atoms with Crippen molar-refractivity contribution in [2.45, 2.75) is 6.36 Å². The highest BCUT2D eigenvalue weighted by Crippen LogP contribution is 2.36. The number of carbonyl (C=O) groups excluding carboxylic acids is 1. The van der Waals surface area contributed by atoms with Crippen molar-refractivity contribution in [1.82, 2.24) is 0 Å². The Morgan fingerprint density at radius 2 is 1.88 bits per heavy atom. The minimum atomic E-state index is -4.93. The van der Waals surface area contributed by atoms with Crippen LogP contribution in [-0.4, -0.2) is 19.4 Å². The number of ether oxygens (including phenoxy) is 2. The van der Waals surface area contributed by atoms with Crippen LogP contribution in [0.3, 0.4) is 0 Å². The minimum absolute atomic E-state index is 0.193. The first-order valence-electron chi connectivity index (χ1n) is 4.07. The third-order valence-corrected chi connectivity index (χ3v) is 2.43. The molecule has 3 nitrogen and oxygen atoms in total. The van der Waals surface area contributed by atoms with Crippen LogP contribution >= 0.6 is 23.2 Å². The molecule has 1 aromatic rings. The molecule has 0 heterocycles. The second-order valence-corrected chi connectivity index (χ2v) is 3.59. The van der Waals surface area contributed by atoms with E-state index in [0.29, 0.717) is 0 Å². The number of hydrogen-bond donors (Lipinski definition) is 0. The topological polar surface area (TPSA) is 35.5 Å². The van der Waals surface area contributed by atoms with Crippen molar-refractivity contribution in [1.29, 1.82) is 0 Å². The van der Waals surface area contributed by atoms with Crippen molar-refractivity contribution in [3.8, 4) is 5.75 Å². The first kappa shape index (κ1) is 13.9. The maximum atomic E-state index is 12.0. The molecule has 94 valence electrons. The van der Waals surface area contributed by atoms with E-state index in [4.69, 9.17) is 23.2 Å². The first-order valence-corrected chi connectivity index (χ1v) is 4.83. The summed E-state index contributed by atoms with van der Waals surface area (Å²) in [6, 6.07) is 1.88. The lowest BCUT2D eigenvalue weighted by Gasteiger charge is -2.12. The molecule has 0 aliphatic rings. The van der Waals surface area contributed by atoms with Crippen molar-refractivity contribution in [2.24, 2.45) is 0 Å². The van der Waals surface area contributed by atoms with Crippen molar-refractivity contribution >= 4 is 29.2 Å². The van der Waals surface area contributed by atoms with Crippen LogP contribution in [0.4, 0.5) is 13.2 Å². The number of rotatable bonds is 2. The summed E-state index contributed by atoms with van der Waals surface area (Å²) in [5, 5.41) is -0.675. The summed E-state index contributed by atoms with van der Waals surface area (Å²) in [6.45, 7) is 0. The quantitative estimate of drug-likeness (QED) is 0.779. The summed E-state index contributed by atoms with van der Waals surface area (Å²) in [5.41, 5.74) is -0.193. The van der Waals surface area contributed by atoms with E-state index in [1.165, 1.54) is 0 Å². The van der Waals surface area contributed by atoms with E-state index < -0.39 is 23.1 Å². The molecule has 0 atom stereocenters. The number of carbonyl (C=O) groups is 1. The minimum Gasteiger partial charge on any atom is -0.465 e. The summed E-state index contributed by atoms with van der Waals surface area (Å²) >= 11 is 11.1. The molecule has 0 aliphatic carbocycles. The SMILES string of the molecule is COC(=O)c1cc(Cl)c(Cl)c(OC(F)(F)F)c1. The van der Waals surface area contributed by atoms with Crippen molar-refractivity contribution in [3.05, 3.63) is 27.7 Å². The lowest BCUT2D eigenvalue weighted by molar-refractivity contribution is -0.274. The number of alkyl halides is 3. The molecule has 8 heteroatoms. The van der Waals surface area contributed by atoms with Gasteiger partial charge < -0.3 is 9.47 Å². The Kier molecular flexibility index (Phi) is 4.11. The van der Waals surface area contributed by atoms with Gasteiger partial charge in [0.15, 0.2) is 0 Å². The van der Waals surface area contributed by atoms with Gasteiger partial charge in [-0.3, -0.25) is 0 Å². The van der Waals surface area contributed by atoms with Gasteiger partial charge in [0.1, 0.15) is 10.8 Å². The number of hydrogen-bond acceptors (Lipinski definition) is 3. The second-order valence-electron chi connectivity index (χ2n) is 2.81. The highest BCUT2D eigenvalue weighted by Gasteiger charge is 2.33. The van der Waals surface area contributed by atoms with Gasteiger partial charge >= 0.3 is 12.3 Å². The third kappa shape index (κ3) is 3.67. The number of methoxy groups -OCH3 is 1. The van der Waals surface area contributed by atoms with Crippen molar-refractivity contribution < 1.29 is 27.4 Å². The Hall–Kier alpha value is -1.14. The monoisotopic (exact) mass is 288 g/mol. The molecule has 0 aromatic heterocycles. The summed E-state index contributed by atoms with van der Waals surface area (Å²) in [7, 11) is 1.08. The molecule has 0 bridgehead atoms. The predicted octanol–water partition coefficient (Wildman–Crippen LogP) is 3.68. The Morgan fingerprint density at radius 1 is 1.29 bits per heavy atom. The average Bonchev–Trinajstić information content (AvgIpc) is 2.21. The molecule has 1 rings (SSSR count). The molecule has 1 aromatic carbocycles. The van der Waals surface area contributed by atoms with Crippen LogP contribution in [0.1, 0.15) is 10.4 Å². The van der Waals surface area contributed by atoms with Crippen LogP contribution in [0.15, 0.2) is 12.1 Å². The molecule has 0 fully saturated rings. The molecule has 0 amide bonds. The predicted molar refractivity (Wildman–Crippen MR) is 54.5 cm³/mol. The van der Waals surface area contributed by atoms with E-state index in [-0.39, 0.29) is 10.6 Å². The molecule has 0 N–H and O–H groups in total. The number of benzene rings is 1. The molecular formula is C9H5Cl2F3O3. The zero-order valence-electron chi connectivity index (χ0n) is 8.27. The average molecular weight is 289 g/mol. The molecule has 0 saturated heterocycles. The molecule has 0 radical (unpaired) electrons. The standard InChI is InChI=1S/C9H5Cl2F3O3/c1-16-8(15)4-2-5(10)7(11)6(3-4)17-9(12,13)14/h2-3H,1H3. The van der Waals surface area contributed by atoms with Gasteiger partial charge in [-0.25, -0.2) is 4.79 Å². The summed E-state index contributed by atoms with van der Waals surface area (Å²) in [4.78, 5) is 11.1. The zero-order chi connectivity index (χ0) is 13.2. The fourth-order valence-electron chi connectivity index (χ4n) is 0.998. The van der Waals surface area contributed by atoms with Gasteiger partial charge in [0.2, 0.25) is 0 Å². The van der Waals surface area contributed by atoms with E-state index in [2.05, 4.69) is 9.47 Å². The van der Waals surface area contributed by atoms with Crippen molar-refractivity contribution in [3.63, 3.8) is 0 Å². The number of halogens is 5. The van der Waals surface area contributed by atoms with Crippen LogP contribution in [-0.2, 0) is 4.74 Å².